The SMILES string of the molecule is CC(C)C[C@H]1OC(=O)[C@H](C(C)C)CC(=O)[C@H](C)OC(=O)[C@@H](C(C)C)NC(=O)[C@@H](CC(C)C)OC(=O)[C@H](C(C)C)NC(=O)[C@H](C)OC(=O)CC2CC(C)CC(OC(=O)[C@H](C(C)C)NC(=O)[C@H](C)OC(=O)[C@@H](C(C)C)NC1=O)C2=O. The van der Waals surface area contributed by atoms with Crippen molar-refractivity contribution < 1.29 is 86.0 Å². The van der Waals surface area contributed by atoms with Crippen LogP contribution in [0.1, 0.15) is 163 Å². The number of ketones is 2. The lowest BCUT2D eigenvalue weighted by molar-refractivity contribution is -0.167. The first-order valence-corrected chi connectivity index (χ1v) is 27.6. The van der Waals surface area contributed by atoms with Gasteiger partial charge in [0.1, 0.15) is 24.2 Å². The van der Waals surface area contributed by atoms with E-state index in [1.165, 1.54) is 20.8 Å². The molecule has 22 heteroatoms. The number of esters is 6. The number of rotatable bonds is 9. The summed E-state index contributed by atoms with van der Waals surface area (Å²) in [4.78, 5) is 165. The monoisotopic (exact) mass is 1110 g/mol. The molecule has 0 spiro atoms. The smallest absolute Gasteiger partial charge is 0.329 e. The molecular weight excluding hydrogens is 1020 g/mol. The van der Waals surface area contributed by atoms with Crippen molar-refractivity contribution in [3.63, 3.8) is 0 Å². The van der Waals surface area contributed by atoms with Crippen molar-refractivity contribution in [1.82, 2.24) is 21.3 Å². The molecule has 0 radical (unpaired) electrons. The zero-order chi connectivity index (χ0) is 59.8. The lowest BCUT2D eigenvalue weighted by Crippen LogP contribution is -2.53. The molecule has 1 saturated heterocycles. The zero-order valence-corrected chi connectivity index (χ0v) is 49.1. The third-order valence-electron chi connectivity index (χ3n) is 13.7. The van der Waals surface area contributed by atoms with E-state index in [4.69, 9.17) is 28.4 Å². The van der Waals surface area contributed by atoms with E-state index < -0.39 is 186 Å². The minimum atomic E-state index is -1.52. The summed E-state index contributed by atoms with van der Waals surface area (Å²) in [7, 11) is 0. The van der Waals surface area contributed by atoms with Crippen molar-refractivity contribution in [1.29, 1.82) is 0 Å². The molecule has 1 heterocycles. The molecule has 0 aromatic rings. The van der Waals surface area contributed by atoms with E-state index in [-0.39, 0.29) is 43.4 Å². The second kappa shape index (κ2) is 31.0. The summed E-state index contributed by atoms with van der Waals surface area (Å²) < 4.78 is 33.8. The van der Waals surface area contributed by atoms with E-state index >= 15 is 0 Å². The molecule has 78 heavy (non-hydrogen) atoms. The number of Topliss-reactive ketones (excluding diaryl/α,β-unsaturated/α-hetero) is 2. The Morgan fingerprint density at radius 2 is 0.756 bits per heavy atom. The second-order valence-corrected chi connectivity index (χ2v) is 23.6. The fourth-order valence-electron chi connectivity index (χ4n) is 8.77. The molecule has 1 aliphatic heterocycles. The van der Waals surface area contributed by atoms with E-state index in [9.17, 15) is 57.5 Å². The zero-order valence-electron chi connectivity index (χ0n) is 49.1. The standard InChI is InChI=1S/C56H90N4O18/c1-25(2)19-40-50(66)60-44(29(9)10)54(70)75-35(18)49(65)58-45(30(11)12)55(71)76-39-22-32(15)21-36(47(39)63)23-42(62)73-34(17)48(64)57-46(31(13)14)56(72)78-41(20-26(3)4)51(67)59-43(28(7)8)53(69)74-33(16)38(61)24-37(27(5)6)52(68)77-40/h25-37,39-41,43-46H,19-24H2,1-18H3,(H,57,64)(H,58,65)(H,59,67)(H,60,66)/t32?,33-,34-,35-,36?,37-,39?,40+,41+,43+,44+,45-,46-/m0/s1. The van der Waals surface area contributed by atoms with Gasteiger partial charge in [-0.3, -0.25) is 38.4 Å². The molecule has 2 fully saturated rings. The van der Waals surface area contributed by atoms with Gasteiger partial charge in [-0.15, -0.1) is 0 Å². The Morgan fingerprint density at radius 1 is 0.397 bits per heavy atom. The molecule has 13 atom stereocenters. The summed E-state index contributed by atoms with van der Waals surface area (Å²) in [6.45, 7) is 28.9. The third-order valence-corrected chi connectivity index (χ3v) is 13.7. The summed E-state index contributed by atoms with van der Waals surface area (Å²) in [6.07, 6.45) is -9.31. The van der Waals surface area contributed by atoms with Crippen molar-refractivity contribution in [2.45, 2.75) is 224 Å². The van der Waals surface area contributed by atoms with Crippen molar-refractivity contribution >= 4 is 71.0 Å². The number of carbonyl (C=O) groups is 12. The first kappa shape index (κ1) is 68.1. The molecule has 22 nitrogen and oxygen atoms in total. The molecule has 2 aliphatic rings. The molecule has 1 aliphatic carbocycles. The number of amides is 4. The minimum Gasteiger partial charge on any atom is -0.453 e. The fraction of sp³-hybridized carbons (Fsp3) is 0.786. The van der Waals surface area contributed by atoms with Crippen molar-refractivity contribution in [3.8, 4) is 0 Å². The van der Waals surface area contributed by atoms with Gasteiger partial charge in [0.2, 0.25) is 0 Å². The van der Waals surface area contributed by atoms with Gasteiger partial charge in [-0.2, -0.15) is 0 Å². The van der Waals surface area contributed by atoms with Gasteiger partial charge < -0.3 is 49.7 Å². The molecule has 1 saturated carbocycles. The lowest BCUT2D eigenvalue weighted by atomic mass is 9.78. The van der Waals surface area contributed by atoms with Crippen LogP contribution in [0.4, 0.5) is 0 Å². The summed E-state index contributed by atoms with van der Waals surface area (Å²) in [5.41, 5.74) is 0. The molecule has 442 valence electrons. The van der Waals surface area contributed by atoms with Gasteiger partial charge in [0.05, 0.1) is 12.3 Å². The number of cyclic esters (lactones) is 5. The fourth-order valence-corrected chi connectivity index (χ4v) is 8.77. The number of ether oxygens (including phenoxy) is 6. The van der Waals surface area contributed by atoms with E-state index in [1.807, 2.05) is 0 Å². The van der Waals surface area contributed by atoms with Gasteiger partial charge in [-0.05, 0) is 93.8 Å². The number of carbonyl (C=O) groups excluding carboxylic acids is 12. The highest BCUT2D eigenvalue weighted by Crippen LogP contribution is 2.31. The Balaban J connectivity index is 2.63. The quantitative estimate of drug-likeness (QED) is 0.183. The van der Waals surface area contributed by atoms with Gasteiger partial charge in [-0.25, -0.2) is 19.2 Å². The maximum Gasteiger partial charge on any atom is 0.329 e. The molecule has 4 N–H and O–H groups in total. The van der Waals surface area contributed by atoms with Crippen LogP contribution in [0, 0.1) is 59.2 Å². The molecule has 4 amide bonds. The Labute approximate surface area is 460 Å². The Hall–Kier alpha value is -5.96. The third kappa shape index (κ3) is 21.0. The molecule has 2 rings (SSSR count). The van der Waals surface area contributed by atoms with E-state index in [0.29, 0.717) is 0 Å². The van der Waals surface area contributed by atoms with Crippen LogP contribution in [0.3, 0.4) is 0 Å². The summed E-state index contributed by atoms with van der Waals surface area (Å²) >= 11 is 0. The molecule has 2 bridgehead atoms. The normalized spacial score (nSPS) is 30.6. The summed E-state index contributed by atoms with van der Waals surface area (Å²) in [5.74, 6) is -16.4. The van der Waals surface area contributed by atoms with Crippen molar-refractivity contribution in [2.24, 2.45) is 59.2 Å². The van der Waals surface area contributed by atoms with Crippen LogP contribution in [-0.2, 0) is 86.0 Å². The van der Waals surface area contributed by atoms with E-state index in [1.54, 1.807) is 104 Å². The minimum absolute atomic E-state index is 0.00194. The first-order chi connectivity index (χ1) is 36.1. The number of hydrogen-bond donors (Lipinski definition) is 4. The second-order valence-electron chi connectivity index (χ2n) is 23.6. The Morgan fingerprint density at radius 3 is 1.15 bits per heavy atom. The van der Waals surface area contributed by atoms with Gasteiger partial charge in [0.15, 0.2) is 48.2 Å². The number of nitrogens with one attached hydrogen (secondary N) is 4. The van der Waals surface area contributed by atoms with Gasteiger partial charge >= 0.3 is 35.8 Å². The molecule has 3 unspecified atom stereocenters. The van der Waals surface area contributed by atoms with Crippen molar-refractivity contribution in [3.05, 3.63) is 0 Å². The highest BCUT2D eigenvalue weighted by Gasteiger charge is 2.43. The van der Waals surface area contributed by atoms with Crippen molar-refractivity contribution in [2.75, 3.05) is 0 Å². The number of hydrogen-bond acceptors (Lipinski definition) is 18. The molecule has 0 aromatic carbocycles. The first-order valence-electron chi connectivity index (χ1n) is 27.6. The van der Waals surface area contributed by atoms with Gasteiger partial charge in [0.25, 0.3) is 23.6 Å². The van der Waals surface area contributed by atoms with Crippen LogP contribution in [0.5, 0.6) is 0 Å². The molecule has 0 aromatic heterocycles. The van der Waals surface area contributed by atoms with Crippen LogP contribution in [0.25, 0.3) is 0 Å². The van der Waals surface area contributed by atoms with E-state index in [0.717, 1.165) is 0 Å². The van der Waals surface area contributed by atoms with Gasteiger partial charge in [0, 0.05) is 12.3 Å². The van der Waals surface area contributed by atoms with Crippen LogP contribution in [-0.4, -0.2) is 132 Å². The largest absolute Gasteiger partial charge is 0.453 e. The van der Waals surface area contributed by atoms with Crippen LogP contribution < -0.4 is 21.3 Å². The predicted molar refractivity (Wildman–Crippen MR) is 282 cm³/mol. The lowest BCUT2D eigenvalue weighted by Gasteiger charge is -2.33. The summed E-state index contributed by atoms with van der Waals surface area (Å²) in [5, 5.41) is 10.3. The average Bonchev–Trinajstić information content (AvgIpc) is 3.31. The predicted octanol–water partition coefficient (Wildman–Crippen LogP) is 4.42. The van der Waals surface area contributed by atoms with Crippen LogP contribution in [0.2, 0.25) is 0 Å². The number of fused-ring (bicyclic) bond motifs is 2. The van der Waals surface area contributed by atoms with Crippen LogP contribution in [0.15, 0.2) is 0 Å². The Bertz CT molecular complexity index is 2150. The Kier molecular flexibility index (Phi) is 27.1. The highest BCUT2D eigenvalue weighted by atomic mass is 16.6. The maximum absolute atomic E-state index is 14.0. The highest BCUT2D eigenvalue weighted by molar-refractivity contribution is 5.96. The van der Waals surface area contributed by atoms with E-state index in [2.05, 4.69) is 21.3 Å². The maximum atomic E-state index is 14.0. The average molecular weight is 1110 g/mol. The van der Waals surface area contributed by atoms with Gasteiger partial charge in [-0.1, -0.05) is 104 Å². The van der Waals surface area contributed by atoms with Crippen LogP contribution >= 0.6 is 0 Å². The topological polar surface area (TPSA) is 308 Å². The molecular formula is C56H90N4O18. The summed E-state index contributed by atoms with van der Waals surface area (Å²) in [6, 6.07) is -5.40.